The molecule has 0 saturated carbocycles. The lowest BCUT2D eigenvalue weighted by atomic mass is 10.1. The number of carbonyl (C=O) groups is 1. The van der Waals surface area contributed by atoms with Gasteiger partial charge in [-0.15, -0.1) is 0 Å². The quantitative estimate of drug-likeness (QED) is 0.833. The molecule has 0 fully saturated rings. The molecule has 5 heteroatoms. The molecule has 1 aromatic rings. The second-order valence-electron chi connectivity index (χ2n) is 5.10. The van der Waals surface area contributed by atoms with Crippen molar-refractivity contribution in [2.45, 2.75) is 19.4 Å². The number of nitrogens with zero attached hydrogens (tertiary/aromatic N) is 2. The molecule has 0 bridgehead atoms. The van der Waals surface area contributed by atoms with Gasteiger partial charge in [0.15, 0.2) is 11.9 Å². The number of fused-ring (bicyclic) bond motifs is 1. The van der Waals surface area contributed by atoms with Crippen LogP contribution in [-0.2, 0) is 4.79 Å². The molecule has 1 unspecified atom stereocenters. The van der Waals surface area contributed by atoms with E-state index >= 15 is 0 Å². The van der Waals surface area contributed by atoms with Crippen LogP contribution >= 0.6 is 0 Å². The molecule has 0 aromatic heterocycles. The summed E-state index contributed by atoms with van der Waals surface area (Å²) < 4.78 is 5.61. The predicted molar refractivity (Wildman–Crippen MR) is 76.5 cm³/mol. The van der Waals surface area contributed by atoms with E-state index < -0.39 is 6.10 Å². The van der Waals surface area contributed by atoms with E-state index in [-0.39, 0.29) is 5.91 Å². The molecule has 0 aliphatic carbocycles. The van der Waals surface area contributed by atoms with Crippen LogP contribution in [0.15, 0.2) is 18.2 Å². The average molecular weight is 263 g/mol. The zero-order valence-electron chi connectivity index (χ0n) is 11.7. The molecule has 2 N–H and O–H groups in total. The van der Waals surface area contributed by atoms with Gasteiger partial charge in [-0.1, -0.05) is 6.07 Å². The van der Waals surface area contributed by atoms with Crippen molar-refractivity contribution in [1.29, 1.82) is 0 Å². The third-order valence-electron chi connectivity index (χ3n) is 3.21. The van der Waals surface area contributed by atoms with Crippen LogP contribution < -0.4 is 15.4 Å². The molecule has 0 radical (unpaired) electrons. The SMILES string of the molecule is CC1Oc2c(N)cccc2N(CCCN(C)C)C1=O. The largest absolute Gasteiger partial charge is 0.477 e. The first-order chi connectivity index (χ1) is 9.00. The van der Waals surface area contributed by atoms with Crippen molar-refractivity contribution in [3.05, 3.63) is 18.2 Å². The first-order valence-electron chi connectivity index (χ1n) is 6.52. The van der Waals surface area contributed by atoms with E-state index in [9.17, 15) is 4.79 Å². The van der Waals surface area contributed by atoms with Gasteiger partial charge in [0, 0.05) is 6.54 Å². The molecule has 1 atom stereocenters. The predicted octanol–water partition coefficient (Wildman–Crippen LogP) is 1.33. The minimum absolute atomic E-state index is 0.00291. The molecule has 0 spiro atoms. The maximum atomic E-state index is 12.2. The van der Waals surface area contributed by atoms with Crippen LogP contribution in [0.25, 0.3) is 0 Å². The van der Waals surface area contributed by atoms with Crippen LogP contribution in [0.5, 0.6) is 5.75 Å². The highest BCUT2D eigenvalue weighted by molar-refractivity contribution is 6.01. The topological polar surface area (TPSA) is 58.8 Å². The zero-order chi connectivity index (χ0) is 14.0. The third kappa shape index (κ3) is 2.81. The summed E-state index contributed by atoms with van der Waals surface area (Å²) in [6, 6.07) is 5.52. The fraction of sp³-hybridized carbons (Fsp3) is 0.500. The summed E-state index contributed by atoms with van der Waals surface area (Å²) in [7, 11) is 4.05. The van der Waals surface area contributed by atoms with Crippen molar-refractivity contribution in [3.63, 3.8) is 0 Å². The average Bonchev–Trinajstić information content (AvgIpc) is 2.35. The Morgan fingerprint density at radius 3 is 2.84 bits per heavy atom. The normalized spacial score (nSPS) is 18.4. The molecular weight excluding hydrogens is 242 g/mol. The van der Waals surface area contributed by atoms with Crippen molar-refractivity contribution in [2.24, 2.45) is 0 Å². The molecule has 1 amide bonds. The Hall–Kier alpha value is -1.75. The number of benzene rings is 1. The van der Waals surface area contributed by atoms with Gasteiger partial charge in [0.05, 0.1) is 11.4 Å². The number of rotatable bonds is 4. The monoisotopic (exact) mass is 263 g/mol. The number of carbonyl (C=O) groups excluding carboxylic acids is 1. The molecule has 19 heavy (non-hydrogen) atoms. The molecule has 1 heterocycles. The number of amides is 1. The first kappa shape index (κ1) is 13.7. The number of hydrogen-bond donors (Lipinski definition) is 1. The number of nitrogens with two attached hydrogens (primary N) is 1. The van der Waals surface area contributed by atoms with E-state index in [4.69, 9.17) is 10.5 Å². The molecule has 1 aliphatic heterocycles. The van der Waals surface area contributed by atoms with Gasteiger partial charge in [0.2, 0.25) is 0 Å². The van der Waals surface area contributed by atoms with Gasteiger partial charge in [-0.3, -0.25) is 4.79 Å². The molecule has 2 rings (SSSR count). The van der Waals surface area contributed by atoms with Crippen molar-refractivity contribution in [3.8, 4) is 5.75 Å². The Balaban J connectivity index is 2.22. The van der Waals surface area contributed by atoms with Gasteiger partial charge in [-0.2, -0.15) is 0 Å². The van der Waals surface area contributed by atoms with Crippen molar-refractivity contribution < 1.29 is 9.53 Å². The highest BCUT2D eigenvalue weighted by atomic mass is 16.5. The van der Waals surface area contributed by atoms with E-state index in [2.05, 4.69) is 4.90 Å². The third-order valence-corrected chi connectivity index (χ3v) is 3.21. The van der Waals surface area contributed by atoms with Crippen LogP contribution in [0.2, 0.25) is 0 Å². The number of ether oxygens (including phenoxy) is 1. The number of para-hydroxylation sites is 1. The summed E-state index contributed by atoms with van der Waals surface area (Å²) in [4.78, 5) is 16.1. The van der Waals surface area contributed by atoms with Gasteiger partial charge < -0.3 is 20.3 Å². The van der Waals surface area contributed by atoms with Crippen LogP contribution in [0.3, 0.4) is 0 Å². The lowest BCUT2D eigenvalue weighted by Crippen LogP contribution is -2.45. The number of hydrogen-bond acceptors (Lipinski definition) is 4. The van der Waals surface area contributed by atoms with E-state index in [1.165, 1.54) is 0 Å². The van der Waals surface area contributed by atoms with Crippen molar-refractivity contribution >= 4 is 17.3 Å². The number of anilines is 2. The Bertz CT molecular complexity index is 474. The Morgan fingerprint density at radius 1 is 1.42 bits per heavy atom. The fourth-order valence-corrected chi connectivity index (χ4v) is 2.22. The highest BCUT2D eigenvalue weighted by Gasteiger charge is 2.32. The summed E-state index contributed by atoms with van der Waals surface area (Å²) in [5, 5.41) is 0. The van der Waals surface area contributed by atoms with Gasteiger partial charge in [-0.25, -0.2) is 0 Å². The molecular formula is C14H21N3O2. The Kier molecular flexibility index (Phi) is 3.95. The van der Waals surface area contributed by atoms with E-state index in [0.29, 0.717) is 18.0 Å². The highest BCUT2D eigenvalue weighted by Crippen LogP contribution is 2.38. The van der Waals surface area contributed by atoms with E-state index in [1.54, 1.807) is 17.9 Å². The van der Waals surface area contributed by atoms with Crippen LogP contribution in [0, 0.1) is 0 Å². The fourth-order valence-electron chi connectivity index (χ4n) is 2.22. The van der Waals surface area contributed by atoms with E-state index in [0.717, 1.165) is 18.7 Å². The summed E-state index contributed by atoms with van der Waals surface area (Å²) in [6.45, 7) is 3.38. The molecule has 0 saturated heterocycles. The molecule has 104 valence electrons. The summed E-state index contributed by atoms with van der Waals surface area (Å²) in [5.74, 6) is 0.622. The van der Waals surface area contributed by atoms with Gasteiger partial charge >= 0.3 is 0 Å². The molecule has 1 aromatic carbocycles. The van der Waals surface area contributed by atoms with Crippen LogP contribution in [0.1, 0.15) is 13.3 Å². The zero-order valence-corrected chi connectivity index (χ0v) is 11.7. The lowest BCUT2D eigenvalue weighted by molar-refractivity contribution is -0.125. The van der Waals surface area contributed by atoms with Crippen molar-refractivity contribution in [2.75, 3.05) is 37.8 Å². The molecule has 5 nitrogen and oxygen atoms in total. The summed E-state index contributed by atoms with van der Waals surface area (Å²) in [6.07, 6.45) is 0.441. The smallest absolute Gasteiger partial charge is 0.267 e. The lowest BCUT2D eigenvalue weighted by Gasteiger charge is -2.33. The minimum Gasteiger partial charge on any atom is -0.477 e. The summed E-state index contributed by atoms with van der Waals surface area (Å²) in [5.41, 5.74) is 7.27. The first-order valence-corrected chi connectivity index (χ1v) is 6.52. The number of nitrogen functional groups attached to an aromatic ring is 1. The Morgan fingerprint density at radius 2 is 2.16 bits per heavy atom. The second-order valence-corrected chi connectivity index (χ2v) is 5.10. The second kappa shape index (κ2) is 5.48. The van der Waals surface area contributed by atoms with Gasteiger partial charge in [0.1, 0.15) is 0 Å². The van der Waals surface area contributed by atoms with Gasteiger partial charge in [-0.05, 0) is 46.1 Å². The standard InChI is InChI=1S/C14H21N3O2/c1-10-14(18)17(9-5-8-16(2)3)12-7-4-6-11(15)13(12)19-10/h4,6-7,10H,5,8-9,15H2,1-3H3. The minimum atomic E-state index is -0.475. The van der Waals surface area contributed by atoms with Gasteiger partial charge in [0.25, 0.3) is 5.91 Å². The Labute approximate surface area is 113 Å². The van der Waals surface area contributed by atoms with Crippen LogP contribution in [-0.4, -0.2) is 44.1 Å². The molecule has 1 aliphatic rings. The maximum Gasteiger partial charge on any atom is 0.267 e. The van der Waals surface area contributed by atoms with E-state index in [1.807, 2.05) is 26.2 Å². The van der Waals surface area contributed by atoms with Crippen LogP contribution in [0.4, 0.5) is 11.4 Å². The summed E-state index contributed by atoms with van der Waals surface area (Å²) >= 11 is 0. The van der Waals surface area contributed by atoms with Crippen molar-refractivity contribution in [1.82, 2.24) is 4.90 Å². The maximum absolute atomic E-state index is 12.2.